The second-order valence-electron chi connectivity index (χ2n) is 4.55. The van der Waals surface area contributed by atoms with Gasteiger partial charge in [-0.15, -0.1) is 11.6 Å². The summed E-state index contributed by atoms with van der Waals surface area (Å²) in [6, 6.07) is 1.56. The standard InChI is InChI=1S/C14H21ClN2O2/c1-4-11(5-2)17(7-6-15)14(19)12-9-16-10(3)8-13(12)18/h8-9,11H,4-7H2,1-3H3,(H,16,18). The molecule has 1 N–H and O–H groups in total. The molecule has 1 aromatic rings. The van der Waals surface area contributed by atoms with E-state index in [2.05, 4.69) is 4.98 Å². The lowest BCUT2D eigenvalue weighted by Gasteiger charge is -2.29. The normalized spacial score (nSPS) is 10.8. The van der Waals surface area contributed by atoms with Crippen LogP contribution in [0.15, 0.2) is 17.1 Å². The van der Waals surface area contributed by atoms with Crippen molar-refractivity contribution in [1.29, 1.82) is 0 Å². The number of aromatic amines is 1. The highest BCUT2D eigenvalue weighted by Crippen LogP contribution is 2.12. The van der Waals surface area contributed by atoms with E-state index in [1.165, 1.54) is 12.3 Å². The molecule has 0 aliphatic rings. The van der Waals surface area contributed by atoms with Crippen molar-refractivity contribution >= 4 is 17.5 Å². The number of hydrogen-bond donors (Lipinski definition) is 1. The van der Waals surface area contributed by atoms with Crippen molar-refractivity contribution in [3.8, 4) is 0 Å². The maximum Gasteiger partial charge on any atom is 0.259 e. The maximum absolute atomic E-state index is 12.5. The number of nitrogens with zero attached hydrogens (tertiary/aromatic N) is 1. The van der Waals surface area contributed by atoms with Crippen molar-refractivity contribution in [2.45, 2.75) is 39.7 Å². The van der Waals surface area contributed by atoms with Crippen molar-refractivity contribution < 1.29 is 4.79 Å². The highest BCUT2D eigenvalue weighted by Gasteiger charge is 2.23. The number of hydrogen-bond acceptors (Lipinski definition) is 2. The van der Waals surface area contributed by atoms with Gasteiger partial charge in [-0.05, 0) is 19.8 Å². The van der Waals surface area contributed by atoms with Crippen LogP contribution >= 0.6 is 11.6 Å². The molecule has 1 aromatic heterocycles. The minimum absolute atomic E-state index is 0.118. The third kappa shape index (κ3) is 3.83. The topological polar surface area (TPSA) is 53.2 Å². The number of pyridine rings is 1. The maximum atomic E-state index is 12.5. The monoisotopic (exact) mass is 284 g/mol. The Hall–Kier alpha value is -1.29. The van der Waals surface area contributed by atoms with Gasteiger partial charge in [0.15, 0.2) is 5.43 Å². The Morgan fingerprint density at radius 2 is 2.05 bits per heavy atom. The fraction of sp³-hybridized carbons (Fsp3) is 0.571. The number of alkyl halides is 1. The van der Waals surface area contributed by atoms with Crippen molar-refractivity contribution in [1.82, 2.24) is 9.88 Å². The van der Waals surface area contributed by atoms with Crippen LogP contribution in [0.25, 0.3) is 0 Å². The van der Waals surface area contributed by atoms with Gasteiger partial charge in [-0.2, -0.15) is 0 Å². The van der Waals surface area contributed by atoms with Gasteiger partial charge in [0, 0.05) is 36.4 Å². The number of aryl methyl sites for hydroxylation is 1. The van der Waals surface area contributed by atoms with Crippen LogP contribution in [0.1, 0.15) is 42.7 Å². The molecule has 0 atom stereocenters. The van der Waals surface area contributed by atoms with E-state index in [-0.39, 0.29) is 22.9 Å². The summed E-state index contributed by atoms with van der Waals surface area (Å²) in [6.45, 7) is 6.30. The number of carbonyl (C=O) groups is 1. The van der Waals surface area contributed by atoms with Crippen molar-refractivity contribution in [2.75, 3.05) is 12.4 Å². The number of carbonyl (C=O) groups excluding carboxylic acids is 1. The molecule has 0 radical (unpaired) electrons. The lowest BCUT2D eigenvalue weighted by Crippen LogP contribution is -2.42. The van der Waals surface area contributed by atoms with Gasteiger partial charge in [-0.1, -0.05) is 13.8 Å². The van der Waals surface area contributed by atoms with Crippen molar-refractivity contribution in [3.63, 3.8) is 0 Å². The summed E-state index contributed by atoms with van der Waals surface area (Å²) < 4.78 is 0. The van der Waals surface area contributed by atoms with Crippen LogP contribution in [-0.4, -0.2) is 34.3 Å². The first-order valence-electron chi connectivity index (χ1n) is 6.61. The van der Waals surface area contributed by atoms with Crippen molar-refractivity contribution in [3.05, 3.63) is 33.7 Å². The summed E-state index contributed by atoms with van der Waals surface area (Å²) in [7, 11) is 0. The van der Waals surface area contributed by atoms with Crippen molar-refractivity contribution in [2.24, 2.45) is 0 Å². The zero-order valence-corrected chi connectivity index (χ0v) is 12.5. The third-order valence-electron chi connectivity index (χ3n) is 3.26. The Labute approximate surface area is 118 Å². The highest BCUT2D eigenvalue weighted by atomic mass is 35.5. The molecule has 5 heteroatoms. The average Bonchev–Trinajstić information content (AvgIpc) is 2.38. The molecule has 0 spiro atoms. The predicted molar refractivity (Wildman–Crippen MR) is 77.9 cm³/mol. The molecule has 0 saturated carbocycles. The van der Waals surface area contributed by atoms with Gasteiger partial charge in [0.25, 0.3) is 5.91 Å². The first-order chi connectivity index (χ1) is 9.04. The Morgan fingerprint density at radius 3 is 2.53 bits per heavy atom. The van der Waals surface area contributed by atoms with Gasteiger partial charge in [-0.3, -0.25) is 9.59 Å². The van der Waals surface area contributed by atoms with Gasteiger partial charge in [0.2, 0.25) is 0 Å². The lowest BCUT2D eigenvalue weighted by molar-refractivity contribution is 0.0680. The number of rotatable bonds is 6. The summed E-state index contributed by atoms with van der Waals surface area (Å²) >= 11 is 5.77. The molecule has 0 fully saturated rings. The van der Waals surface area contributed by atoms with Crippen LogP contribution in [0.3, 0.4) is 0 Å². The minimum atomic E-state index is -0.244. The SMILES string of the molecule is CCC(CC)N(CCCl)C(=O)c1c[nH]c(C)cc1=O. The largest absolute Gasteiger partial charge is 0.364 e. The number of halogens is 1. The highest BCUT2D eigenvalue weighted by molar-refractivity contribution is 6.18. The minimum Gasteiger partial charge on any atom is -0.364 e. The summed E-state index contributed by atoms with van der Waals surface area (Å²) in [5, 5.41) is 0. The molecule has 0 unspecified atom stereocenters. The molecule has 0 aromatic carbocycles. The van der Waals surface area contributed by atoms with E-state index in [0.717, 1.165) is 18.5 Å². The zero-order valence-electron chi connectivity index (χ0n) is 11.7. The fourth-order valence-corrected chi connectivity index (χ4v) is 2.35. The Bertz CT molecular complexity index is 481. The van der Waals surface area contributed by atoms with E-state index >= 15 is 0 Å². The van der Waals surface area contributed by atoms with Crippen LogP contribution in [0.2, 0.25) is 0 Å². The summed E-state index contributed by atoms with van der Waals surface area (Å²) in [6.07, 6.45) is 3.19. The van der Waals surface area contributed by atoms with Gasteiger partial charge in [-0.25, -0.2) is 0 Å². The molecule has 1 rings (SSSR count). The Balaban J connectivity index is 3.08. The molecule has 19 heavy (non-hydrogen) atoms. The van der Waals surface area contributed by atoms with E-state index in [1.807, 2.05) is 13.8 Å². The van der Waals surface area contributed by atoms with Gasteiger partial charge < -0.3 is 9.88 Å². The quantitative estimate of drug-likeness (QED) is 0.816. The van der Waals surface area contributed by atoms with Crippen LogP contribution in [-0.2, 0) is 0 Å². The van der Waals surface area contributed by atoms with Crippen LogP contribution < -0.4 is 5.43 Å². The molecule has 0 bridgehead atoms. The van der Waals surface area contributed by atoms with Crippen LogP contribution in [0.4, 0.5) is 0 Å². The number of nitrogens with one attached hydrogen (secondary N) is 1. The molecule has 0 aliphatic carbocycles. The Kier molecular flexibility index (Phi) is 6.09. The van der Waals surface area contributed by atoms with Gasteiger partial charge >= 0.3 is 0 Å². The van der Waals surface area contributed by atoms with E-state index < -0.39 is 0 Å². The van der Waals surface area contributed by atoms with Crippen LogP contribution in [0, 0.1) is 6.92 Å². The number of H-pyrrole nitrogens is 1. The summed E-state index contributed by atoms with van der Waals surface area (Å²) in [5.41, 5.74) is 0.683. The Morgan fingerprint density at radius 1 is 1.42 bits per heavy atom. The number of aromatic nitrogens is 1. The first-order valence-corrected chi connectivity index (χ1v) is 7.14. The van der Waals surface area contributed by atoms with Gasteiger partial charge in [0.05, 0.1) is 0 Å². The smallest absolute Gasteiger partial charge is 0.259 e. The molecule has 4 nitrogen and oxygen atoms in total. The van der Waals surface area contributed by atoms with E-state index in [1.54, 1.807) is 11.8 Å². The third-order valence-corrected chi connectivity index (χ3v) is 3.43. The lowest BCUT2D eigenvalue weighted by atomic mass is 10.1. The molecule has 0 aliphatic heterocycles. The predicted octanol–water partition coefficient (Wildman–Crippen LogP) is 2.55. The van der Waals surface area contributed by atoms with E-state index in [0.29, 0.717) is 12.4 Å². The van der Waals surface area contributed by atoms with E-state index in [4.69, 9.17) is 11.6 Å². The van der Waals surface area contributed by atoms with Crippen LogP contribution in [0.5, 0.6) is 0 Å². The molecule has 1 heterocycles. The van der Waals surface area contributed by atoms with E-state index in [9.17, 15) is 9.59 Å². The molecular weight excluding hydrogens is 264 g/mol. The average molecular weight is 285 g/mol. The summed E-state index contributed by atoms with van der Waals surface area (Å²) in [5.74, 6) is 0.127. The molecule has 0 saturated heterocycles. The summed E-state index contributed by atoms with van der Waals surface area (Å²) in [4.78, 5) is 29.0. The number of amides is 1. The molecule has 1 amide bonds. The van der Waals surface area contributed by atoms with Gasteiger partial charge in [0.1, 0.15) is 5.56 Å². The second kappa shape index (κ2) is 7.34. The first kappa shape index (κ1) is 15.8. The fourth-order valence-electron chi connectivity index (χ4n) is 2.17. The molecule has 106 valence electrons. The zero-order chi connectivity index (χ0) is 14.4. The molecular formula is C14H21ClN2O2. The second-order valence-corrected chi connectivity index (χ2v) is 4.93.